The fourth-order valence-electron chi connectivity index (χ4n) is 1.98. The summed E-state index contributed by atoms with van der Waals surface area (Å²) >= 11 is 5.51. The van der Waals surface area contributed by atoms with Crippen LogP contribution in [0.15, 0.2) is 53.4 Å². The molecule has 2 aromatic rings. The number of alkyl halides is 3. The highest BCUT2D eigenvalue weighted by Gasteiger charge is 2.37. The molecule has 0 spiro atoms. The summed E-state index contributed by atoms with van der Waals surface area (Å²) in [5.41, 5.74) is -0.740. The molecule has 0 heterocycles. The van der Waals surface area contributed by atoms with Crippen LogP contribution in [0.2, 0.25) is 5.02 Å². The van der Waals surface area contributed by atoms with Gasteiger partial charge in [0.25, 0.3) is 0 Å². The van der Waals surface area contributed by atoms with Crippen molar-refractivity contribution in [2.75, 3.05) is 6.54 Å². The molecular weight excluding hydrogens is 395 g/mol. The largest absolute Gasteiger partial charge is 0.460 e. The second kappa shape index (κ2) is 8.07. The molecule has 0 saturated carbocycles. The first-order valence-corrected chi connectivity index (χ1v) is 9.01. The van der Waals surface area contributed by atoms with E-state index in [-0.39, 0.29) is 11.6 Å². The predicted octanol–water partition coefficient (Wildman–Crippen LogP) is 3.38. The highest BCUT2D eigenvalue weighted by atomic mass is 35.5. The maximum atomic E-state index is 13.0. The number of hydrogen-bond acceptors (Lipinski definition) is 4. The highest BCUT2D eigenvalue weighted by molar-refractivity contribution is 7.89. The normalized spacial score (nSPS) is 12.0. The van der Waals surface area contributed by atoms with E-state index in [2.05, 4.69) is 0 Å². The molecule has 2 rings (SSSR count). The summed E-state index contributed by atoms with van der Waals surface area (Å²) in [7, 11) is -4.60. The van der Waals surface area contributed by atoms with Crippen LogP contribution in [0.1, 0.15) is 11.1 Å². The first-order valence-electron chi connectivity index (χ1n) is 7.15. The van der Waals surface area contributed by atoms with Crippen LogP contribution in [-0.2, 0) is 32.3 Å². The standard InChI is InChI=1S/C16H13ClF3NO4S/c17-12-6-7-14(13(8-12)16(18,19)20)26(23,24)21-9-15(22)25-10-11-4-2-1-3-5-11/h1-8,21H,9-10H2. The molecule has 2 aromatic carbocycles. The number of carbonyl (C=O) groups excluding carboxylic acids is 1. The molecule has 140 valence electrons. The zero-order valence-electron chi connectivity index (χ0n) is 13.1. The van der Waals surface area contributed by atoms with Gasteiger partial charge in [-0.1, -0.05) is 41.9 Å². The van der Waals surface area contributed by atoms with E-state index in [1.54, 1.807) is 35.1 Å². The summed E-state index contributed by atoms with van der Waals surface area (Å²) in [5.74, 6) is -0.931. The van der Waals surface area contributed by atoms with Crippen molar-refractivity contribution >= 4 is 27.6 Å². The number of esters is 1. The Morgan fingerprint density at radius 2 is 1.77 bits per heavy atom. The summed E-state index contributed by atoms with van der Waals surface area (Å²) in [6.45, 7) is -0.898. The number of hydrogen-bond donors (Lipinski definition) is 1. The number of halogens is 4. The zero-order chi connectivity index (χ0) is 19.4. The number of nitrogens with one attached hydrogen (secondary N) is 1. The molecule has 0 aliphatic heterocycles. The van der Waals surface area contributed by atoms with E-state index in [9.17, 15) is 26.4 Å². The molecule has 0 aromatic heterocycles. The average Bonchev–Trinajstić information content (AvgIpc) is 2.58. The number of benzene rings is 2. The van der Waals surface area contributed by atoms with Crippen LogP contribution in [0.4, 0.5) is 13.2 Å². The van der Waals surface area contributed by atoms with Crippen LogP contribution in [0.25, 0.3) is 0 Å². The smallest absolute Gasteiger partial charge is 0.417 e. The summed E-state index contributed by atoms with van der Waals surface area (Å²) in [5, 5.41) is -0.265. The monoisotopic (exact) mass is 407 g/mol. The van der Waals surface area contributed by atoms with E-state index in [1.807, 2.05) is 0 Å². The quantitative estimate of drug-likeness (QED) is 0.745. The molecule has 0 bridgehead atoms. The van der Waals surface area contributed by atoms with Crippen molar-refractivity contribution in [1.82, 2.24) is 4.72 Å². The van der Waals surface area contributed by atoms with Gasteiger partial charge in [0.1, 0.15) is 13.2 Å². The molecule has 26 heavy (non-hydrogen) atoms. The zero-order valence-corrected chi connectivity index (χ0v) is 14.7. The predicted molar refractivity (Wildman–Crippen MR) is 87.9 cm³/mol. The van der Waals surface area contributed by atoms with Gasteiger partial charge in [0.2, 0.25) is 10.0 Å². The molecule has 1 N–H and O–H groups in total. The topological polar surface area (TPSA) is 72.5 Å². The Labute approximate surface area is 152 Å². The minimum atomic E-state index is -4.93. The first-order chi connectivity index (χ1) is 12.1. The minimum Gasteiger partial charge on any atom is -0.460 e. The van der Waals surface area contributed by atoms with Gasteiger partial charge in [0, 0.05) is 5.02 Å². The van der Waals surface area contributed by atoms with E-state index in [1.165, 1.54) is 0 Å². The Morgan fingerprint density at radius 3 is 2.38 bits per heavy atom. The summed E-state index contributed by atoms with van der Waals surface area (Å²) in [6, 6.07) is 10.9. The van der Waals surface area contributed by atoms with Crippen LogP contribution in [0.5, 0.6) is 0 Å². The first kappa shape index (κ1) is 20.2. The molecule has 0 aliphatic rings. The third-order valence-corrected chi connectivity index (χ3v) is 4.88. The van der Waals surface area contributed by atoms with Gasteiger partial charge in [-0.15, -0.1) is 0 Å². The molecule has 0 aliphatic carbocycles. The van der Waals surface area contributed by atoms with E-state index in [0.717, 1.165) is 12.1 Å². The molecule has 0 radical (unpaired) electrons. The lowest BCUT2D eigenvalue weighted by molar-refractivity contribution is -0.143. The number of rotatable bonds is 6. The number of sulfonamides is 1. The number of carbonyl (C=O) groups is 1. The summed E-state index contributed by atoms with van der Waals surface area (Å²) < 4.78 is 70.0. The van der Waals surface area contributed by atoms with Gasteiger partial charge in [0.05, 0.1) is 10.5 Å². The minimum absolute atomic E-state index is 0.0872. The van der Waals surface area contributed by atoms with Gasteiger partial charge in [-0.3, -0.25) is 4.79 Å². The molecule has 0 unspecified atom stereocenters. The van der Waals surface area contributed by atoms with E-state index >= 15 is 0 Å². The maximum absolute atomic E-state index is 13.0. The molecule has 0 amide bonds. The second-order valence-electron chi connectivity index (χ2n) is 5.11. The SMILES string of the molecule is O=C(CNS(=O)(=O)c1ccc(Cl)cc1C(F)(F)F)OCc1ccccc1. The molecule has 5 nitrogen and oxygen atoms in total. The Kier molecular flexibility index (Phi) is 6.27. The molecule has 0 fully saturated rings. The van der Waals surface area contributed by atoms with Crippen molar-refractivity contribution in [2.45, 2.75) is 17.7 Å². The van der Waals surface area contributed by atoms with Gasteiger partial charge >= 0.3 is 12.1 Å². The Bertz CT molecular complexity index is 886. The maximum Gasteiger partial charge on any atom is 0.417 e. The van der Waals surface area contributed by atoms with Crippen molar-refractivity contribution in [3.05, 3.63) is 64.7 Å². The van der Waals surface area contributed by atoms with E-state index in [0.29, 0.717) is 11.6 Å². The molecule has 0 saturated heterocycles. The fourth-order valence-corrected chi connectivity index (χ4v) is 3.33. The van der Waals surface area contributed by atoms with Crippen molar-refractivity contribution in [1.29, 1.82) is 0 Å². The van der Waals surface area contributed by atoms with Gasteiger partial charge < -0.3 is 4.74 Å². The highest BCUT2D eigenvalue weighted by Crippen LogP contribution is 2.35. The van der Waals surface area contributed by atoms with E-state index in [4.69, 9.17) is 16.3 Å². The van der Waals surface area contributed by atoms with Gasteiger partial charge in [-0.2, -0.15) is 17.9 Å². The van der Waals surface area contributed by atoms with Crippen molar-refractivity contribution < 1.29 is 31.1 Å². The van der Waals surface area contributed by atoms with Crippen LogP contribution in [0.3, 0.4) is 0 Å². The van der Waals surface area contributed by atoms with Gasteiger partial charge in [-0.05, 0) is 23.8 Å². The molecular formula is C16H13ClF3NO4S. The molecule has 0 atom stereocenters. The van der Waals surface area contributed by atoms with Crippen LogP contribution >= 0.6 is 11.6 Å². The second-order valence-corrected chi connectivity index (χ2v) is 7.28. The van der Waals surface area contributed by atoms with Crippen molar-refractivity contribution in [3.8, 4) is 0 Å². The Morgan fingerprint density at radius 1 is 1.12 bits per heavy atom. The molecule has 10 heteroatoms. The Hall–Kier alpha value is -2.10. The number of ether oxygens (including phenoxy) is 1. The van der Waals surface area contributed by atoms with Crippen molar-refractivity contribution in [3.63, 3.8) is 0 Å². The van der Waals surface area contributed by atoms with Gasteiger partial charge in [0.15, 0.2) is 0 Å². The lowest BCUT2D eigenvalue weighted by Crippen LogP contribution is -2.32. The van der Waals surface area contributed by atoms with Crippen LogP contribution < -0.4 is 4.72 Å². The van der Waals surface area contributed by atoms with Gasteiger partial charge in [-0.25, -0.2) is 8.42 Å². The van der Waals surface area contributed by atoms with Crippen molar-refractivity contribution in [2.24, 2.45) is 0 Å². The Balaban J connectivity index is 2.06. The lowest BCUT2D eigenvalue weighted by Gasteiger charge is -2.14. The average molecular weight is 408 g/mol. The van der Waals surface area contributed by atoms with Crippen LogP contribution in [0, 0.1) is 0 Å². The lowest BCUT2D eigenvalue weighted by atomic mass is 10.2. The van der Waals surface area contributed by atoms with Crippen LogP contribution in [-0.4, -0.2) is 20.9 Å². The van der Waals surface area contributed by atoms with E-state index < -0.39 is 39.2 Å². The third-order valence-electron chi connectivity index (χ3n) is 3.19. The fraction of sp³-hybridized carbons (Fsp3) is 0.188. The summed E-state index contributed by atoms with van der Waals surface area (Å²) in [6.07, 6.45) is -4.93. The summed E-state index contributed by atoms with van der Waals surface area (Å²) in [4.78, 5) is 10.6. The third kappa shape index (κ3) is 5.45.